The standard InChI is InChI=1S/C65H89F2N9O7/c1-9-75-54-20-19-44-33-49(54)51(57(75)50-34-48(36-68-55(50)41(2)81-8)72-28-27-71-23-13-12-17-47(71)37-72)35-64(6,7)40-82-61(79)52-18-14-24-76(70-52)60(78)53(31-42-29-45(44)32-46(30-42)58(66)67)69-59(77)56(43-15-10-11-16-43)73-25-21-65(38-73)22-26-74(39-65)62(80)83-63(3,4)5/h19-20,29-30,32-34,36,41,43,47,52-53,56,58,70H,9-18,21-28,31,35,37-40H2,1-8H3,(H,69,77)/t41-,47+,52-,53-,56-,65-/m0/s1. The van der Waals surface area contributed by atoms with Crippen LogP contribution in [0.2, 0.25) is 0 Å². The van der Waals surface area contributed by atoms with Crippen molar-refractivity contribution in [2.24, 2.45) is 16.7 Å². The van der Waals surface area contributed by atoms with Crippen LogP contribution < -0.4 is 15.6 Å². The van der Waals surface area contributed by atoms with Crippen LogP contribution in [0, 0.1) is 16.7 Å². The predicted octanol–water partition coefficient (Wildman–Crippen LogP) is 10.2. The zero-order valence-electron chi connectivity index (χ0n) is 50.4. The van der Waals surface area contributed by atoms with Crippen LogP contribution in [0.4, 0.5) is 19.3 Å². The van der Waals surface area contributed by atoms with Crippen LogP contribution in [0.25, 0.3) is 33.3 Å². The summed E-state index contributed by atoms with van der Waals surface area (Å²) in [6.07, 6.45) is 8.83. The lowest BCUT2D eigenvalue weighted by atomic mass is 9.84. The highest BCUT2D eigenvalue weighted by Gasteiger charge is 2.50. The van der Waals surface area contributed by atoms with E-state index in [0.717, 1.165) is 109 Å². The van der Waals surface area contributed by atoms with Crippen LogP contribution in [-0.4, -0.2) is 156 Å². The van der Waals surface area contributed by atoms with Crippen molar-refractivity contribution in [3.8, 4) is 22.4 Å². The summed E-state index contributed by atoms with van der Waals surface area (Å²) < 4.78 is 51.2. The molecule has 16 nitrogen and oxygen atoms in total. The number of piperidine rings is 1. The van der Waals surface area contributed by atoms with E-state index in [0.29, 0.717) is 69.2 Å². The first kappa shape index (κ1) is 59.1. The van der Waals surface area contributed by atoms with Gasteiger partial charge in [-0.05, 0) is 158 Å². The van der Waals surface area contributed by atoms with Gasteiger partial charge in [0, 0.05) is 105 Å². The van der Waals surface area contributed by atoms with Gasteiger partial charge in [0.05, 0.1) is 42.0 Å². The second kappa shape index (κ2) is 24.0. The molecule has 8 heterocycles. The van der Waals surface area contributed by atoms with Gasteiger partial charge in [-0.15, -0.1) is 0 Å². The number of hydrogen-bond acceptors (Lipinski definition) is 12. The lowest BCUT2D eigenvalue weighted by Crippen LogP contribution is -2.62. The Morgan fingerprint density at radius 3 is 2.45 bits per heavy atom. The molecule has 0 unspecified atom stereocenters. The number of halogens is 2. The molecule has 6 fully saturated rings. The summed E-state index contributed by atoms with van der Waals surface area (Å²) in [4.78, 5) is 72.5. The number of alkyl halides is 2. The Hall–Kier alpha value is -5.69. The Morgan fingerprint density at radius 1 is 0.904 bits per heavy atom. The quantitative estimate of drug-likeness (QED) is 0.145. The van der Waals surface area contributed by atoms with Gasteiger partial charge in [-0.1, -0.05) is 51.3 Å². The number of piperazine rings is 1. The number of esters is 1. The van der Waals surface area contributed by atoms with Gasteiger partial charge in [-0.25, -0.2) is 19.0 Å². The van der Waals surface area contributed by atoms with E-state index in [9.17, 15) is 9.59 Å². The molecule has 18 heteroatoms. The highest BCUT2D eigenvalue weighted by molar-refractivity contribution is 5.96. The third-order valence-corrected chi connectivity index (χ3v) is 19.3. The number of aromatic nitrogens is 2. The van der Waals surface area contributed by atoms with Crippen LogP contribution in [0.1, 0.15) is 154 Å². The summed E-state index contributed by atoms with van der Waals surface area (Å²) in [5.41, 5.74) is 9.18. The van der Waals surface area contributed by atoms with Crippen LogP contribution in [0.3, 0.4) is 0 Å². The summed E-state index contributed by atoms with van der Waals surface area (Å²) in [5.74, 6) is -1.16. The molecule has 4 aromatic rings. The van der Waals surface area contributed by atoms with Crippen molar-refractivity contribution in [2.75, 3.05) is 77.5 Å². The second-order valence-corrected chi connectivity index (χ2v) is 27.1. The minimum Gasteiger partial charge on any atom is -0.464 e. The molecule has 1 spiro atoms. The lowest BCUT2D eigenvalue weighted by Gasteiger charge is -2.45. The lowest BCUT2D eigenvalue weighted by molar-refractivity contribution is -0.155. The number of amides is 3. The van der Waals surface area contributed by atoms with E-state index >= 15 is 18.4 Å². The first-order valence-corrected chi connectivity index (χ1v) is 31.1. The Labute approximate surface area is 489 Å². The fourth-order valence-electron chi connectivity index (χ4n) is 15.0. The number of fused-ring (bicyclic) bond motifs is 7. The number of aryl methyl sites for hydroxylation is 1. The molecule has 6 atom stereocenters. The minimum atomic E-state index is -2.82. The number of benzene rings is 2. The molecule has 7 aliphatic rings. The van der Waals surface area contributed by atoms with Crippen molar-refractivity contribution in [1.82, 2.24) is 40.0 Å². The van der Waals surface area contributed by atoms with Gasteiger partial charge in [-0.2, -0.15) is 0 Å². The van der Waals surface area contributed by atoms with Gasteiger partial charge in [-0.3, -0.25) is 34.2 Å². The Kier molecular flexibility index (Phi) is 17.1. The van der Waals surface area contributed by atoms with Crippen molar-refractivity contribution < 1.29 is 42.2 Å². The molecular weight excluding hydrogens is 1060 g/mol. The Morgan fingerprint density at radius 2 is 1.69 bits per heavy atom. The number of likely N-dealkylation sites (tertiary alicyclic amines) is 2. The number of carbonyl (C=O) groups is 4. The molecule has 1 aliphatic carbocycles. The SMILES string of the molecule is CCn1c(-c2cc(N3CCN4CCCC[C@@H]4C3)cnc2[C@H](C)OC)c2c3cc(ccc31)-c1cc(cc(C(F)F)c1)C[C@H](NC(=O)[C@H](C1CCCC1)N1CC[C@]3(CCN(C(=O)OC(C)(C)C)C3)C1)C(=O)N1CCC[C@H](N1)C(=O)OCC(C)(C)C2. The number of cyclic esters (lactones) is 1. The van der Waals surface area contributed by atoms with Crippen molar-refractivity contribution >= 4 is 40.5 Å². The van der Waals surface area contributed by atoms with Gasteiger partial charge < -0.3 is 33.9 Å². The number of hydrazine groups is 1. The van der Waals surface area contributed by atoms with E-state index < -0.39 is 47.4 Å². The third-order valence-electron chi connectivity index (χ3n) is 19.3. The molecule has 0 radical (unpaired) electrons. The minimum absolute atomic E-state index is 0.0450. The maximum atomic E-state index is 15.4. The van der Waals surface area contributed by atoms with Crippen LogP contribution in [0.5, 0.6) is 0 Å². The molecule has 1 saturated carbocycles. The normalized spacial score (nSPS) is 25.7. The zero-order chi connectivity index (χ0) is 58.5. The number of ether oxygens (including phenoxy) is 3. The second-order valence-electron chi connectivity index (χ2n) is 27.1. The first-order valence-electron chi connectivity index (χ1n) is 31.1. The number of methoxy groups -OCH3 is 1. The summed E-state index contributed by atoms with van der Waals surface area (Å²) in [7, 11) is 1.70. The highest BCUT2D eigenvalue weighted by atomic mass is 19.3. The number of nitrogens with zero attached hydrogens (tertiary/aromatic N) is 7. The molecule has 6 aliphatic heterocycles. The predicted molar refractivity (Wildman–Crippen MR) is 317 cm³/mol. The molecule has 11 rings (SSSR count). The molecular formula is C65H89F2N9O7. The van der Waals surface area contributed by atoms with E-state index in [4.69, 9.17) is 19.2 Å². The average Bonchev–Trinajstić information content (AvgIpc) is 4.03. The molecule has 3 amide bonds. The Bertz CT molecular complexity index is 3060. The molecule has 6 bridgehead atoms. The number of carbonyl (C=O) groups excluding carboxylic acids is 4. The highest BCUT2D eigenvalue weighted by Crippen LogP contribution is 2.46. The number of rotatable bonds is 10. The van der Waals surface area contributed by atoms with Crippen LogP contribution in [0.15, 0.2) is 48.7 Å². The van der Waals surface area contributed by atoms with Crippen LogP contribution in [-0.2, 0) is 48.0 Å². The molecule has 450 valence electrons. The third kappa shape index (κ3) is 12.5. The van der Waals surface area contributed by atoms with E-state index in [2.05, 4.69) is 69.0 Å². The topological polar surface area (TPSA) is 154 Å². The number of pyridine rings is 1. The summed E-state index contributed by atoms with van der Waals surface area (Å²) >= 11 is 0. The summed E-state index contributed by atoms with van der Waals surface area (Å²) in [6, 6.07) is 11.3. The number of hydrogen-bond donors (Lipinski definition) is 2. The van der Waals surface area contributed by atoms with Gasteiger partial charge in [0.15, 0.2) is 0 Å². The Balaban J connectivity index is 0.982. The van der Waals surface area contributed by atoms with E-state index in [1.54, 1.807) is 18.1 Å². The molecule has 2 N–H and O–H groups in total. The summed E-state index contributed by atoms with van der Waals surface area (Å²) in [6.45, 7) is 21.3. The van der Waals surface area contributed by atoms with Crippen molar-refractivity contribution in [2.45, 2.75) is 181 Å². The number of nitrogens with one attached hydrogen (secondary N) is 2. The van der Waals surface area contributed by atoms with Crippen molar-refractivity contribution in [1.29, 1.82) is 0 Å². The van der Waals surface area contributed by atoms with Crippen molar-refractivity contribution in [3.63, 3.8) is 0 Å². The van der Waals surface area contributed by atoms with Gasteiger partial charge >= 0.3 is 12.1 Å². The average molecular weight is 1150 g/mol. The maximum absolute atomic E-state index is 15.4. The fraction of sp³-hybridized carbons (Fsp3) is 0.646. The molecule has 83 heavy (non-hydrogen) atoms. The first-order chi connectivity index (χ1) is 39.7. The van der Waals surface area contributed by atoms with Gasteiger partial charge in [0.25, 0.3) is 12.3 Å². The monoisotopic (exact) mass is 1150 g/mol. The molecule has 2 aromatic carbocycles. The maximum Gasteiger partial charge on any atom is 0.410 e. The van der Waals surface area contributed by atoms with E-state index in [1.165, 1.54) is 30.3 Å². The van der Waals surface area contributed by atoms with Gasteiger partial charge in [0.1, 0.15) is 17.7 Å². The van der Waals surface area contributed by atoms with Crippen molar-refractivity contribution in [3.05, 3.63) is 71.0 Å². The molecule has 5 saturated heterocycles. The smallest absolute Gasteiger partial charge is 0.410 e. The largest absolute Gasteiger partial charge is 0.464 e. The van der Waals surface area contributed by atoms with Gasteiger partial charge in [0.2, 0.25) is 5.91 Å². The van der Waals surface area contributed by atoms with E-state index in [1.807, 2.05) is 46.0 Å². The summed E-state index contributed by atoms with van der Waals surface area (Å²) in [5, 5.41) is 5.62. The van der Waals surface area contributed by atoms with E-state index in [-0.39, 0.29) is 54.6 Å². The number of anilines is 1. The van der Waals surface area contributed by atoms with Crippen LogP contribution >= 0.6 is 0 Å². The molecule has 2 aromatic heterocycles. The fourth-order valence-corrected chi connectivity index (χ4v) is 15.0. The zero-order valence-corrected chi connectivity index (χ0v) is 50.4.